The number of rotatable bonds is 6. The molecule has 0 atom stereocenters. The maximum absolute atomic E-state index is 6.13. The zero-order chi connectivity index (χ0) is 17.6. The van der Waals surface area contributed by atoms with Crippen molar-refractivity contribution in [2.45, 2.75) is 13.2 Å². The Balaban J connectivity index is 1.55. The predicted molar refractivity (Wildman–Crippen MR) is 106 cm³/mol. The number of halogens is 3. The summed E-state index contributed by atoms with van der Waals surface area (Å²) in [6.45, 7) is 1.13. The SMILES string of the molecule is Clc1ccc(NCc2ccc(OCc3ccccc3Cl)cc2)cc1Cl. The van der Waals surface area contributed by atoms with Gasteiger partial charge in [-0.3, -0.25) is 0 Å². The van der Waals surface area contributed by atoms with Gasteiger partial charge in [-0.1, -0.05) is 65.1 Å². The Morgan fingerprint density at radius 2 is 1.52 bits per heavy atom. The minimum atomic E-state index is 0.445. The van der Waals surface area contributed by atoms with Gasteiger partial charge in [0.1, 0.15) is 12.4 Å². The topological polar surface area (TPSA) is 21.3 Å². The highest BCUT2D eigenvalue weighted by atomic mass is 35.5. The summed E-state index contributed by atoms with van der Waals surface area (Å²) in [5, 5.41) is 5.11. The molecule has 0 saturated heterocycles. The third-order valence-electron chi connectivity index (χ3n) is 3.69. The van der Waals surface area contributed by atoms with Gasteiger partial charge in [0.05, 0.1) is 10.0 Å². The number of anilines is 1. The monoisotopic (exact) mass is 391 g/mol. The van der Waals surface area contributed by atoms with Crippen molar-refractivity contribution in [1.29, 1.82) is 0 Å². The van der Waals surface area contributed by atoms with Crippen molar-refractivity contribution in [3.63, 3.8) is 0 Å². The maximum Gasteiger partial charge on any atom is 0.119 e. The summed E-state index contributed by atoms with van der Waals surface area (Å²) in [5.74, 6) is 0.804. The lowest BCUT2D eigenvalue weighted by molar-refractivity contribution is 0.306. The second-order valence-electron chi connectivity index (χ2n) is 5.51. The number of nitrogens with one attached hydrogen (secondary N) is 1. The molecule has 0 spiro atoms. The third-order valence-corrected chi connectivity index (χ3v) is 4.80. The van der Waals surface area contributed by atoms with E-state index in [1.165, 1.54) is 0 Å². The van der Waals surface area contributed by atoms with Crippen LogP contribution in [0.2, 0.25) is 15.1 Å². The molecular formula is C20H16Cl3NO. The fraction of sp³-hybridized carbons (Fsp3) is 0.100. The molecule has 128 valence electrons. The first-order valence-electron chi connectivity index (χ1n) is 7.76. The molecule has 0 aliphatic heterocycles. The van der Waals surface area contributed by atoms with Gasteiger partial charge in [-0.25, -0.2) is 0 Å². The first kappa shape index (κ1) is 17.9. The number of hydrogen-bond acceptors (Lipinski definition) is 2. The molecule has 0 heterocycles. The van der Waals surface area contributed by atoms with Gasteiger partial charge in [0.2, 0.25) is 0 Å². The molecule has 0 amide bonds. The third kappa shape index (κ3) is 5.05. The van der Waals surface area contributed by atoms with E-state index < -0.39 is 0 Å². The summed E-state index contributed by atoms with van der Waals surface area (Å²) in [6.07, 6.45) is 0. The highest BCUT2D eigenvalue weighted by Gasteiger charge is 2.02. The Hall–Kier alpha value is -1.87. The van der Waals surface area contributed by atoms with E-state index in [0.29, 0.717) is 28.2 Å². The molecular weight excluding hydrogens is 377 g/mol. The van der Waals surface area contributed by atoms with Gasteiger partial charge in [-0.2, -0.15) is 0 Å². The molecule has 0 saturated carbocycles. The summed E-state index contributed by atoms with van der Waals surface area (Å²) < 4.78 is 5.78. The van der Waals surface area contributed by atoms with E-state index in [-0.39, 0.29) is 0 Å². The lowest BCUT2D eigenvalue weighted by atomic mass is 10.2. The molecule has 0 fully saturated rings. The van der Waals surface area contributed by atoms with Gasteiger partial charge >= 0.3 is 0 Å². The Morgan fingerprint density at radius 3 is 2.24 bits per heavy atom. The molecule has 1 N–H and O–H groups in total. The van der Waals surface area contributed by atoms with E-state index in [4.69, 9.17) is 39.5 Å². The zero-order valence-electron chi connectivity index (χ0n) is 13.3. The highest BCUT2D eigenvalue weighted by Crippen LogP contribution is 2.25. The van der Waals surface area contributed by atoms with Crippen molar-refractivity contribution in [2.24, 2.45) is 0 Å². The minimum absolute atomic E-state index is 0.445. The Morgan fingerprint density at radius 1 is 0.760 bits per heavy atom. The molecule has 3 rings (SSSR count). The summed E-state index contributed by atoms with van der Waals surface area (Å²) in [7, 11) is 0. The molecule has 0 aliphatic rings. The molecule has 0 bridgehead atoms. The van der Waals surface area contributed by atoms with Crippen molar-refractivity contribution in [3.8, 4) is 5.75 Å². The first-order valence-corrected chi connectivity index (χ1v) is 8.89. The molecule has 25 heavy (non-hydrogen) atoms. The van der Waals surface area contributed by atoms with Gasteiger partial charge in [-0.05, 0) is 42.0 Å². The van der Waals surface area contributed by atoms with Crippen LogP contribution >= 0.6 is 34.8 Å². The molecule has 0 unspecified atom stereocenters. The van der Waals surface area contributed by atoms with Crippen LogP contribution in [0.25, 0.3) is 0 Å². The molecule has 5 heteroatoms. The van der Waals surface area contributed by atoms with Crippen LogP contribution in [0.3, 0.4) is 0 Å². The van der Waals surface area contributed by atoms with E-state index in [1.807, 2.05) is 60.7 Å². The standard InChI is InChI=1S/C20H16Cl3NO/c21-18-4-2-1-3-15(18)13-25-17-8-5-14(6-9-17)12-24-16-7-10-19(22)20(23)11-16/h1-11,24H,12-13H2. The van der Waals surface area contributed by atoms with Crippen molar-refractivity contribution < 1.29 is 4.74 Å². The Labute approximate surface area is 162 Å². The van der Waals surface area contributed by atoms with Crippen molar-refractivity contribution >= 4 is 40.5 Å². The number of ether oxygens (including phenoxy) is 1. The van der Waals surface area contributed by atoms with E-state index in [9.17, 15) is 0 Å². The summed E-state index contributed by atoms with van der Waals surface area (Å²) in [5.41, 5.74) is 3.03. The number of benzene rings is 3. The van der Waals surface area contributed by atoms with Gasteiger partial charge < -0.3 is 10.1 Å². The molecule has 3 aromatic carbocycles. The Bertz CT molecular complexity index is 850. The van der Waals surface area contributed by atoms with E-state index in [0.717, 1.165) is 22.6 Å². The molecule has 3 aromatic rings. The molecule has 0 aliphatic carbocycles. The highest BCUT2D eigenvalue weighted by molar-refractivity contribution is 6.42. The second kappa shape index (κ2) is 8.48. The van der Waals surface area contributed by atoms with Crippen molar-refractivity contribution in [1.82, 2.24) is 0 Å². The van der Waals surface area contributed by atoms with Crippen LogP contribution in [-0.2, 0) is 13.2 Å². The maximum atomic E-state index is 6.13. The van der Waals surface area contributed by atoms with E-state index in [1.54, 1.807) is 6.07 Å². The molecule has 2 nitrogen and oxygen atoms in total. The summed E-state index contributed by atoms with van der Waals surface area (Å²) in [6, 6.07) is 21.1. The smallest absolute Gasteiger partial charge is 0.119 e. The largest absolute Gasteiger partial charge is 0.489 e. The van der Waals surface area contributed by atoms with Crippen LogP contribution < -0.4 is 10.1 Å². The Kier molecular flexibility index (Phi) is 6.09. The van der Waals surface area contributed by atoms with Gasteiger partial charge in [0.25, 0.3) is 0 Å². The van der Waals surface area contributed by atoms with Crippen molar-refractivity contribution in [3.05, 3.63) is 92.9 Å². The fourth-order valence-electron chi connectivity index (χ4n) is 2.29. The van der Waals surface area contributed by atoms with Crippen LogP contribution in [0.5, 0.6) is 5.75 Å². The van der Waals surface area contributed by atoms with Crippen LogP contribution in [0.4, 0.5) is 5.69 Å². The van der Waals surface area contributed by atoms with Gasteiger partial charge in [-0.15, -0.1) is 0 Å². The first-order chi connectivity index (χ1) is 12.1. The van der Waals surface area contributed by atoms with Crippen molar-refractivity contribution in [2.75, 3.05) is 5.32 Å². The average Bonchev–Trinajstić information content (AvgIpc) is 2.63. The van der Waals surface area contributed by atoms with E-state index >= 15 is 0 Å². The van der Waals surface area contributed by atoms with E-state index in [2.05, 4.69) is 5.32 Å². The summed E-state index contributed by atoms with van der Waals surface area (Å²) >= 11 is 18.1. The fourth-order valence-corrected chi connectivity index (χ4v) is 2.78. The lowest BCUT2D eigenvalue weighted by Crippen LogP contribution is -2.00. The second-order valence-corrected chi connectivity index (χ2v) is 6.73. The molecule has 0 radical (unpaired) electrons. The van der Waals surface area contributed by atoms with Gasteiger partial charge in [0.15, 0.2) is 0 Å². The molecule has 0 aromatic heterocycles. The zero-order valence-corrected chi connectivity index (χ0v) is 15.6. The van der Waals surface area contributed by atoms with Crippen LogP contribution in [0, 0.1) is 0 Å². The normalized spacial score (nSPS) is 10.5. The minimum Gasteiger partial charge on any atom is -0.489 e. The summed E-state index contributed by atoms with van der Waals surface area (Å²) in [4.78, 5) is 0. The van der Waals surface area contributed by atoms with Crippen LogP contribution in [0.1, 0.15) is 11.1 Å². The van der Waals surface area contributed by atoms with Crippen LogP contribution in [0.15, 0.2) is 66.7 Å². The average molecular weight is 393 g/mol. The predicted octanol–water partition coefficient (Wildman–Crippen LogP) is 6.84. The lowest BCUT2D eigenvalue weighted by Gasteiger charge is -2.10. The van der Waals surface area contributed by atoms with Gasteiger partial charge in [0, 0.05) is 22.8 Å². The van der Waals surface area contributed by atoms with Crippen LogP contribution in [-0.4, -0.2) is 0 Å². The quantitative estimate of drug-likeness (QED) is 0.496. The number of hydrogen-bond donors (Lipinski definition) is 1.